The van der Waals surface area contributed by atoms with Crippen LogP contribution in [0.3, 0.4) is 0 Å². The number of para-hydroxylation sites is 1. The smallest absolute Gasteiger partial charge is 0.262 e. The number of hydrogen-bond acceptors (Lipinski definition) is 4. The van der Waals surface area contributed by atoms with Crippen molar-refractivity contribution in [3.05, 3.63) is 83.9 Å². The second kappa shape index (κ2) is 9.00. The maximum absolute atomic E-state index is 13.0. The van der Waals surface area contributed by atoms with Crippen LogP contribution in [0.1, 0.15) is 22.8 Å². The highest BCUT2D eigenvalue weighted by Gasteiger charge is 2.21. The van der Waals surface area contributed by atoms with Crippen LogP contribution in [-0.2, 0) is 10.0 Å². The monoisotopic (exact) mass is 424 g/mol. The van der Waals surface area contributed by atoms with Crippen molar-refractivity contribution in [2.75, 3.05) is 23.3 Å². The SMILES string of the molecule is CCOc1ccc(NS(=O)(=O)c2cc(C(=O)N(C)c3ccccc3)ccc2C)cc1. The van der Waals surface area contributed by atoms with Crippen LogP contribution in [0, 0.1) is 6.92 Å². The number of anilines is 2. The lowest BCUT2D eigenvalue weighted by molar-refractivity contribution is 0.0993. The van der Waals surface area contributed by atoms with Gasteiger partial charge in [-0.2, -0.15) is 0 Å². The number of nitrogens with zero attached hydrogens (tertiary/aromatic N) is 1. The Morgan fingerprint density at radius 2 is 1.67 bits per heavy atom. The van der Waals surface area contributed by atoms with E-state index in [2.05, 4.69) is 4.72 Å². The van der Waals surface area contributed by atoms with Crippen molar-refractivity contribution < 1.29 is 17.9 Å². The predicted molar refractivity (Wildman–Crippen MR) is 119 cm³/mol. The molecule has 1 amide bonds. The van der Waals surface area contributed by atoms with Crippen molar-refractivity contribution in [1.29, 1.82) is 0 Å². The first-order valence-corrected chi connectivity index (χ1v) is 11.0. The lowest BCUT2D eigenvalue weighted by Crippen LogP contribution is -2.26. The summed E-state index contributed by atoms with van der Waals surface area (Å²) in [5.74, 6) is 0.367. The van der Waals surface area contributed by atoms with Gasteiger partial charge in [0.15, 0.2) is 0 Å². The maximum Gasteiger partial charge on any atom is 0.262 e. The van der Waals surface area contributed by atoms with E-state index >= 15 is 0 Å². The molecule has 3 aromatic rings. The van der Waals surface area contributed by atoms with Gasteiger partial charge in [0.05, 0.1) is 11.5 Å². The molecule has 7 heteroatoms. The number of amides is 1. The van der Waals surface area contributed by atoms with Crippen LogP contribution in [0.25, 0.3) is 0 Å². The molecule has 0 atom stereocenters. The molecule has 30 heavy (non-hydrogen) atoms. The molecule has 0 bridgehead atoms. The average Bonchev–Trinajstić information content (AvgIpc) is 2.75. The molecule has 0 fully saturated rings. The molecule has 0 aliphatic carbocycles. The highest BCUT2D eigenvalue weighted by atomic mass is 32.2. The molecule has 0 saturated heterocycles. The van der Waals surface area contributed by atoms with Crippen LogP contribution >= 0.6 is 0 Å². The lowest BCUT2D eigenvalue weighted by atomic mass is 10.1. The van der Waals surface area contributed by atoms with E-state index in [1.807, 2.05) is 37.3 Å². The van der Waals surface area contributed by atoms with Gasteiger partial charge in [-0.25, -0.2) is 8.42 Å². The van der Waals surface area contributed by atoms with Crippen LogP contribution in [0.2, 0.25) is 0 Å². The molecule has 3 rings (SSSR count). The molecule has 0 unspecified atom stereocenters. The van der Waals surface area contributed by atoms with Crippen molar-refractivity contribution in [2.24, 2.45) is 0 Å². The number of ether oxygens (including phenoxy) is 1. The summed E-state index contributed by atoms with van der Waals surface area (Å²) < 4.78 is 33.9. The van der Waals surface area contributed by atoms with Gasteiger partial charge in [-0.05, 0) is 67.9 Å². The summed E-state index contributed by atoms with van der Waals surface area (Å²) in [4.78, 5) is 14.4. The van der Waals surface area contributed by atoms with Crippen LogP contribution in [0.5, 0.6) is 5.75 Å². The Kier molecular flexibility index (Phi) is 6.42. The summed E-state index contributed by atoms with van der Waals surface area (Å²) in [5.41, 5.74) is 1.97. The number of carbonyl (C=O) groups is 1. The summed E-state index contributed by atoms with van der Waals surface area (Å²) in [7, 11) is -2.22. The number of aryl methyl sites for hydroxylation is 1. The van der Waals surface area contributed by atoms with E-state index in [9.17, 15) is 13.2 Å². The third-order valence-electron chi connectivity index (χ3n) is 4.59. The van der Waals surface area contributed by atoms with Crippen LogP contribution < -0.4 is 14.4 Å². The van der Waals surface area contributed by atoms with Gasteiger partial charge in [-0.15, -0.1) is 0 Å². The van der Waals surface area contributed by atoms with E-state index in [0.717, 1.165) is 5.69 Å². The number of sulfonamides is 1. The molecule has 0 aliphatic heterocycles. The molecular weight excluding hydrogens is 400 g/mol. The summed E-state index contributed by atoms with van der Waals surface area (Å²) in [6.45, 7) is 4.10. The zero-order chi connectivity index (χ0) is 21.7. The minimum atomic E-state index is -3.88. The Morgan fingerprint density at radius 1 is 1.00 bits per heavy atom. The number of hydrogen-bond donors (Lipinski definition) is 1. The maximum atomic E-state index is 13.0. The molecule has 0 heterocycles. The summed E-state index contributed by atoms with van der Waals surface area (Å²) in [6.07, 6.45) is 0. The lowest BCUT2D eigenvalue weighted by Gasteiger charge is -2.18. The van der Waals surface area contributed by atoms with Gasteiger partial charge >= 0.3 is 0 Å². The van der Waals surface area contributed by atoms with Gasteiger partial charge < -0.3 is 9.64 Å². The quantitative estimate of drug-likeness (QED) is 0.607. The fraction of sp³-hybridized carbons (Fsp3) is 0.174. The Labute approximate surface area is 177 Å². The average molecular weight is 425 g/mol. The van der Waals surface area contributed by atoms with Gasteiger partial charge in [-0.3, -0.25) is 9.52 Å². The van der Waals surface area contributed by atoms with Crippen LogP contribution in [-0.4, -0.2) is 28.0 Å². The Morgan fingerprint density at radius 3 is 2.30 bits per heavy atom. The predicted octanol–water partition coefficient (Wildman–Crippen LogP) is 4.47. The van der Waals surface area contributed by atoms with Crippen LogP contribution in [0.4, 0.5) is 11.4 Å². The fourth-order valence-electron chi connectivity index (χ4n) is 2.98. The standard InChI is InChI=1S/C23H24N2O4S/c1-4-29-21-14-12-19(13-15-21)24-30(27,28)22-16-18(11-10-17(22)2)23(26)25(3)20-8-6-5-7-9-20/h5-16,24H,4H2,1-3H3. The molecule has 156 valence electrons. The normalized spacial score (nSPS) is 11.0. The molecular formula is C23H24N2O4S. The Bertz CT molecular complexity index is 1130. The van der Waals surface area contributed by atoms with Gasteiger partial charge in [0.1, 0.15) is 5.75 Å². The minimum absolute atomic E-state index is 0.0590. The highest BCUT2D eigenvalue weighted by molar-refractivity contribution is 7.92. The molecule has 1 N–H and O–H groups in total. The molecule has 0 aliphatic rings. The van der Waals surface area contributed by atoms with Crippen molar-refractivity contribution in [2.45, 2.75) is 18.7 Å². The number of rotatable bonds is 7. The van der Waals surface area contributed by atoms with Gasteiger partial charge in [0, 0.05) is 24.0 Å². The molecule has 0 spiro atoms. The first-order valence-electron chi connectivity index (χ1n) is 9.51. The van der Waals surface area contributed by atoms with E-state index in [4.69, 9.17) is 4.74 Å². The number of nitrogens with one attached hydrogen (secondary N) is 1. The zero-order valence-electron chi connectivity index (χ0n) is 17.1. The molecule has 3 aromatic carbocycles. The van der Waals surface area contributed by atoms with Crippen molar-refractivity contribution in [3.63, 3.8) is 0 Å². The highest BCUT2D eigenvalue weighted by Crippen LogP contribution is 2.24. The second-order valence-corrected chi connectivity index (χ2v) is 8.39. The molecule has 0 radical (unpaired) electrons. The summed E-state index contributed by atoms with van der Waals surface area (Å²) >= 11 is 0. The third kappa shape index (κ3) is 4.80. The number of carbonyl (C=O) groups excluding carboxylic acids is 1. The van der Waals surface area contributed by atoms with E-state index < -0.39 is 10.0 Å². The second-order valence-electron chi connectivity index (χ2n) is 6.74. The van der Waals surface area contributed by atoms with Gasteiger partial charge in [-0.1, -0.05) is 24.3 Å². The molecule has 6 nitrogen and oxygen atoms in total. The van der Waals surface area contributed by atoms with Crippen molar-refractivity contribution >= 4 is 27.3 Å². The minimum Gasteiger partial charge on any atom is -0.494 e. The summed E-state index contributed by atoms with van der Waals surface area (Å²) in [5, 5.41) is 0. The molecule has 0 aromatic heterocycles. The Balaban J connectivity index is 1.87. The zero-order valence-corrected chi connectivity index (χ0v) is 17.9. The topological polar surface area (TPSA) is 75.7 Å². The van der Waals surface area contributed by atoms with E-state index in [1.165, 1.54) is 11.0 Å². The first-order chi connectivity index (χ1) is 14.3. The number of benzene rings is 3. The van der Waals surface area contributed by atoms with Crippen molar-refractivity contribution in [3.8, 4) is 5.75 Å². The third-order valence-corrected chi connectivity index (χ3v) is 6.11. The van der Waals surface area contributed by atoms with E-state index in [-0.39, 0.29) is 10.8 Å². The van der Waals surface area contributed by atoms with E-state index in [1.54, 1.807) is 50.4 Å². The summed E-state index contributed by atoms with van der Waals surface area (Å²) in [6, 6.07) is 20.5. The van der Waals surface area contributed by atoms with Crippen LogP contribution in [0.15, 0.2) is 77.7 Å². The van der Waals surface area contributed by atoms with Gasteiger partial charge in [0.25, 0.3) is 15.9 Å². The fourth-order valence-corrected chi connectivity index (χ4v) is 4.31. The Hall–Kier alpha value is -3.32. The van der Waals surface area contributed by atoms with E-state index in [0.29, 0.717) is 29.2 Å². The van der Waals surface area contributed by atoms with Crippen molar-refractivity contribution in [1.82, 2.24) is 0 Å². The largest absolute Gasteiger partial charge is 0.494 e. The first kappa shape index (κ1) is 21.4. The van der Waals surface area contributed by atoms with Gasteiger partial charge in [0.2, 0.25) is 0 Å². The molecule has 0 saturated carbocycles.